The quantitative estimate of drug-likeness (QED) is 0.824. The topological polar surface area (TPSA) is 48.1 Å². The number of morpholine rings is 1. The van der Waals surface area contributed by atoms with E-state index in [9.17, 15) is 4.79 Å². The van der Waals surface area contributed by atoms with Gasteiger partial charge in [-0.3, -0.25) is 9.80 Å². The maximum Gasteiger partial charge on any atom is 0.321 e. The SMILES string of the molecule is CC(c1ccc(NC(=O)N2CCN(Cc3ccccc3)CC2)cc1)N1CCOCC1. The fraction of sp³-hybridized carbons (Fsp3) is 0.458. The van der Waals surface area contributed by atoms with Crippen molar-refractivity contribution in [1.82, 2.24) is 14.7 Å². The van der Waals surface area contributed by atoms with Gasteiger partial charge in [-0.25, -0.2) is 4.79 Å². The third-order valence-corrected chi connectivity index (χ3v) is 6.15. The number of carbonyl (C=O) groups excluding carboxylic acids is 1. The highest BCUT2D eigenvalue weighted by Gasteiger charge is 2.22. The van der Waals surface area contributed by atoms with Crippen LogP contribution in [0.5, 0.6) is 0 Å². The Morgan fingerprint density at radius 3 is 2.27 bits per heavy atom. The number of carbonyl (C=O) groups is 1. The number of urea groups is 1. The third-order valence-electron chi connectivity index (χ3n) is 6.15. The van der Waals surface area contributed by atoms with Gasteiger partial charge in [-0.1, -0.05) is 42.5 Å². The summed E-state index contributed by atoms with van der Waals surface area (Å²) in [6.45, 7) is 10.0. The zero-order valence-corrected chi connectivity index (χ0v) is 17.8. The minimum absolute atomic E-state index is 0.0108. The average Bonchev–Trinajstić information content (AvgIpc) is 2.81. The molecule has 0 radical (unpaired) electrons. The Morgan fingerprint density at radius 1 is 0.933 bits per heavy atom. The van der Waals surface area contributed by atoms with Crippen molar-refractivity contribution >= 4 is 11.7 Å². The molecule has 2 aliphatic heterocycles. The third kappa shape index (κ3) is 5.39. The largest absolute Gasteiger partial charge is 0.379 e. The summed E-state index contributed by atoms with van der Waals surface area (Å²) in [4.78, 5) is 19.4. The number of hydrogen-bond acceptors (Lipinski definition) is 4. The van der Waals surface area contributed by atoms with Gasteiger partial charge in [0.15, 0.2) is 0 Å². The molecule has 1 N–H and O–H groups in total. The second kappa shape index (κ2) is 10.1. The van der Waals surface area contributed by atoms with Gasteiger partial charge in [0.25, 0.3) is 0 Å². The monoisotopic (exact) mass is 408 g/mol. The van der Waals surface area contributed by atoms with E-state index in [1.165, 1.54) is 11.1 Å². The van der Waals surface area contributed by atoms with Crippen LogP contribution in [0.25, 0.3) is 0 Å². The first-order valence-corrected chi connectivity index (χ1v) is 10.9. The van der Waals surface area contributed by atoms with Gasteiger partial charge in [0.05, 0.1) is 13.2 Å². The highest BCUT2D eigenvalue weighted by atomic mass is 16.5. The molecule has 6 nitrogen and oxygen atoms in total. The number of rotatable bonds is 5. The van der Waals surface area contributed by atoms with E-state index >= 15 is 0 Å². The van der Waals surface area contributed by atoms with Crippen molar-refractivity contribution in [1.29, 1.82) is 0 Å². The number of amides is 2. The fourth-order valence-electron chi connectivity index (χ4n) is 4.17. The summed E-state index contributed by atoms with van der Waals surface area (Å²) in [5.74, 6) is 0. The van der Waals surface area contributed by atoms with Crippen LogP contribution in [0, 0.1) is 0 Å². The minimum atomic E-state index is -0.0108. The lowest BCUT2D eigenvalue weighted by molar-refractivity contribution is 0.0198. The normalized spacial score (nSPS) is 19.4. The van der Waals surface area contributed by atoms with Crippen molar-refractivity contribution in [2.45, 2.75) is 19.5 Å². The molecular formula is C24H32N4O2. The Kier molecular flexibility index (Phi) is 7.00. The van der Waals surface area contributed by atoms with Crippen LogP contribution >= 0.6 is 0 Å². The molecule has 0 aliphatic carbocycles. The smallest absolute Gasteiger partial charge is 0.321 e. The zero-order chi connectivity index (χ0) is 20.8. The Hall–Kier alpha value is -2.41. The molecule has 4 rings (SSSR count). The van der Waals surface area contributed by atoms with E-state index in [2.05, 4.69) is 58.4 Å². The average molecular weight is 409 g/mol. The predicted octanol–water partition coefficient (Wildman–Crippen LogP) is 3.43. The van der Waals surface area contributed by atoms with E-state index in [-0.39, 0.29) is 6.03 Å². The van der Waals surface area contributed by atoms with Gasteiger partial charge in [-0.15, -0.1) is 0 Å². The van der Waals surface area contributed by atoms with E-state index in [1.807, 2.05) is 23.1 Å². The highest BCUT2D eigenvalue weighted by Crippen LogP contribution is 2.23. The molecule has 0 spiro atoms. The number of ether oxygens (including phenoxy) is 1. The molecule has 2 aliphatic rings. The van der Waals surface area contributed by atoms with Crippen LogP contribution < -0.4 is 5.32 Å². The van der Waals surface area contributed by atoms with Gasteiger partial charge in [0.2, 0.25) is 0 Å². The van der Waals surface area contributed by atoms with Crippen molar-refractivity contribution in [2.24, 2.45) is 0 Å². The molecule has 2 aromatic carbocycles. The number of nitrogens with one attached hydrogen (secondary N) is 1. The number of anilines is 1. The summed E-state index contributed by atoms with van der Waals surface area (Å²) in [6.07, 6.45) is 0. The van der Waals surface area contributed by atoms with Crippen LogP contribution in [0.2, 0.25) is 0 Å². The van der Waals surface area contributed by atoms with Gasteiger partial charge in [0, 0.05) is 57.5 Å². The van der Waals surface area contributed by atoms with Crippen LogP contribution in [0.15, 0.2) is 54.6 Å². The van der Waals surface area contributed by atoms with Gasteiger partial charge in [-0.2, -0.15) is 0 Å². The molecule has 2 fully saturated rings. The number of benzene rings is 2. The molecule has 0 bridgehead atoms. The number of hydrogen-bond donors (Lipinski definition) is 1. The molecule has 0 saturated carbocycles. The van der Waals surface area contributed by atoms with Crippen LogP contribution in [-0.2, 0) is 11.3 Å². The van der Waals surface area contributed by atoms with Crippen molar-refractivity contribution in [3.8, 4) is 0 Å². The van der Waals surface area contributed by atoms with Gasteiger partial charge in [0.1, 0.15) is 0 Å². The number of nitrogens with zero attached hydrogens (tertiary/aromatic N) is 3. The van der Waals surface area contributed by atoms with Crippen molar-refractivity contribution in [2.75, 3.05) is 57.8 Å². The first-order chi connectivity index (χ1) is 14.7. The van der Waals surface area contributed by atoms with Crippen LogP contribution in [0.3, 0.4) is 0 Å². The summed E-state index contributed by atoms with van der Waals surface area (Å²) < 4.78 is 5.45. The first-order valence-electron chi connectivity index (χ1n) is 10.9. The molecule has 0 aromatic heterocycles. The molecule has 1 unspecified atom stereocenters. The van der Waals surface area contributed by atoms with E-state index < -0.39 is 0 Å². The Labute approximate surface area is 179 Å². The lowest BCUT2D eigenvalue weighted by Gasteiger charge is -2.34. The van der Waals surface area contributed by atoms with Crippen molar-refractivity contribution in [3.05, 3.63) is 65.7 Å². The standard InChI is InChI=1S/C24H32N4O2/c1-20(27-15-17-30-18-16-27)22-7-9-23(10-8-22)25-24(29)28-13-11-26(12-14-28)19-21-5-3-2-4-6-21/h2-10,20H,11-19H2,1H3,(H,25,29). The Balaban J connectivity index is 1.25. The number of piperazine rings is 1. The van der Waals surface area contributed by atoms with Crippen LogP contribution in [0.1, 0.15) is 24.1 Å². The van der Waals surface area contributed by atoms with E-state index in [1.54, 1.807) is 0 Å². The Morgan fingerprint density at radius 2 is 1.60 bits per heavy atom. The lowest BCUT2D eigenvalue weighted by atomic mass is 10.1. The lowest BCUT2D eigenvalue weighted by Crippen LogP contribution is -2.49. The van der Waals surface area contributed by atoms with Gasteiger partial charge < -0.3 is 15.0 Å². The molecule has 2 aromatic rings. The fourth-order valence-corrected chi connectivity index (χ4v) is 4.17. The summed E-state index contributed by atoms with van der Waals surface area (Å²) in [5, 5.41) is 3.06. The molecule has 2 amide bonds. The maximum atomic E-state index is 12.7. The first kappa shape index (κ1) is 20.8. The predicted molar refractivity (Wildman–Crippen MR) is 120 cm³/mol. The van der Waals surface area contributed by atoms with Gasteiger partial charge in [-0.05, 0) is 30.2 Å². The summed E-state index contributed by atoms with van der Waals surface area (Å²) in [6, 6.07) is 19.1. The summed E-state index contributed by atoms with van der Waals surface area (Å²) in [7, 11) is 0. The van der Waals surface area contributed by atoms with Crippen molar-refractivity contribution in [3.63, 3.8) is 0 Å². The molecule has 30 heavy (non-hydrogen) atoms. The van der Waals surface area contributed by atoms with E-state index in [0.29, 0.717) is 6.04 Å². The minimum Gasteiger partial charge on any atom is -0.379 e. The highest BCUT2D eigenvalue weighted by molar-refractivity contribution is 5.89. The summed E-state index contributed by atoms with van der Waals surface area (Å²) in [5.41, 5.74) is 3.44. The molecule has 160 valence electrons. The molecule has 2 saturated heterocycles. The second-order valence-corrected chi connectivity index (χ2v) is 8.13. The van der Waals surface area contributed by atoms with Gasteiger partial charge >= 0.3 is 6.03 Å². The Bertz CT molecular complexity index is 798. The van der Waals surface area contributed by atoms with Crippen molar-refractivity contribution < 1.29 is 9.53 Å². The molecule has 1 atom stereocenters. The zero-order valence-electron chi connectivity index (χ0n) is 17.8. The van der Waals surface area contributed by atoms with Crippen LogP contribution in [0.4, 0.5) is 10.5 Å². The maximum absolute atomic E-state index is 12.7. The summed E-state index contributed by atoms with van der Waals surface area (Å²) >= 11 is 0. The van der Waals surface area contributed by atoms with Crippen LogP contribution in [-0.4, -0.2) is 73.2 Å². The molecule has 2 heterocycles. The van der Waals surface area contributed by atoms with E-state index in [4.69, 9.17) is 4.74 Å². The second-order valence-electron chi connectivity index (χ2n) is 8.13. The molecular weight excluding hydrogens is 376 g/mol. The molecule has 6 heteroatoms. The van der Waals surface area contributed by atoms with E-state index in [0.717, 1.165) is 64.7 Å².